The molecular weight excluding hydrogens is 246 g/mol. The molecule has 0 bridgehead atoms. The Kier molecular flexibility index (Phi) is 3.72. The third-order valence-corrected chi connectivity index (χ3v) is 2.56. The van der Waals surface area contributed by atoms with Crippen LogP contribution in [0, 0.1) is 10.1 Å². The zero-order chi connectivity index (χ0) is 13.8. The molecule has 0 aliphatic rings. The summed E-state index contributed by atoms with van der Waals surface area (Å²) in [6.45, 7) is 1.85. The number of hydrogen-bond donors (Lipinski definition) is 1. The van der Waals surface area contributed by atoms with Crippen molar-refractivity contribution in [3.8, 4) is 11.6 Å². The number of nitro benzene ring substituents is 1. The fraction of sp³-hybridized carbons (Fsp3) is 0.154. The van der Waals surface area contributed by atoms with Gasteiger partial charge in [-0.1, -0.05) is 18.2 Å². The van der Waals surface area contributed by atoms with Gasteiger partial charge >= 0.3 is 5.69 Å². The number of ether oxygens (including phenoxy) is 1. The molecule has 2 N–H and O–H groups in total. The van der Waals surface area contributed by atoms with Gasteiger partial charge in [-0.15, -0.1) is 0 Å². The Labute approximate surface area is 110 Å². The summed E-state index contributed by atoms with van der Waals surface area (Å²) in [4.78, 5) is 14.4. The zero-order valence-corrected chi connectivity index (χ0v) is 10.3. The fourth-order valence-corrected chi connectivity index (χ4v) is 1.53. The van der Waals surface area contributed by atoms with Crippen molar-refractivity contribution in [1.82, 2.24) is 4.98 Å². The standard InChI is InChI=1S/C13H13N3O3/c1-9(14)10-6-7-13(15-8-10)19-12-5-3-2-4-11(12)16(17)18/h2-9H,14H2,1H3/t9-/m0/s1. The van der Waals surface area contributed by atoms with Crippen molar-refractivity contribution in [3.05, 3.63) is 58.3 Å². The van der Waals surface area contributed by atoms with E-state index in [4.69, 9.17) is 10.5 Å². The van der Waals surface area contributed by atoms with Crippen LogP contribution in [0.5, 0.6) is 11.6 Å². The number of benzene rings is 1. The van der Waals surface area contributed by atoms with Gasteiger partial charge in [0.1, 0.15) is 0 Å². The van der Waals surface area contributed by atoms with Crippen LogP contribution in [0.25, 0.3) is 0 Å². The minimum absolute atomic E-state index is 0.0967. The van der Waals surface area contributed by atoms with Gasteiger partial charge in [0.05, 0.1) is 4.92 Å². The molecule has 0 saturated heterocycles. The summed E-state index contributed by atoms with van der Waals surface area (Å²) in [7, 11) is 0. The first kappa shape index (κ1) is 13.0. The minimum atomic E-state index is -0.494. The maximum atomic E-state index is 10.8. The van der Waals surface area contributed by atoms with E-state index in [1.54, 1.807) is 30.5 Å². The van der Waals surface area contributed by atoms with E-state index in [-0.39, 0.29) is 17.5 Å². The molecule has 0 aliphatic heterocycles. The predicted molar refractivity (Wildman–Crippen MR) is 70.0 cm³/mol. The Bertz CT molecular complexity index is 582. The van der Waals surface area contributed by atoms with E-state index in [2.05, 4.69) is 4.98 Å². The first-order chi connectivity index (χ1) is 9.08. The van der Waals surface area contributed by atoms with Crippen molar-refractivity contribution in [3.63, 3.8) is 0 Å². The van der Waals surface area contributed by atoms with Crippen LogP contribution in [0.15, 0.2) is 42.6 Å². The zero-order valence-electron chi connectivity index (χ0n) is 10.3. The topological polar surface area (TPSA) is 91.3 Å². The van der Waals surface area contributed by atoms with Crippen LogP contribution < -0.4 is 10.5 Å². The van der Waals surface area contributed by atoms with Crippen LogP contribution in [0.1, 0.15) is 18.5 Å². The number of hydrogen-bond acceptors (Lipinski definition) is 5. The third-order valence-electron chi connectivity index (χ3n) is 2.56. The summed E-state index contributed by atoms with van der Waals surface area (Å²) in [5, 5.41) is 10.8. The molecule has 1 aromatic carbocycles. The van der Waals surface area contributed by atoms with Gasteiger partial charge in [0.2, 0.25) is 11.6 Å². The Morgan fingerprint density at radius 2 is 2.05 bits per heavy atom. The van der Waals surface area contributed by atoms with Gasteiger partial charge < -0.3 is 10.5 Å². The summed E-state index contributed by atoms with van der Waals surface area (Å²) in [6.07, 6.45) is 1.59. The number of pyridine rings is 1. The van der Waals surface area contributed by atoms with Gasteiger partial charge in [-0.05, 0) is 18.6 Å². The van der Waals surface area contributed by atoms with Crippen molar-refractivity contribution in [2.45, 2.75) is 13.0 Å². The normalized spacial score (nSPS) is 11.9. The van der Waals surface area contributed by atoms with Gasteiger partial charge in [0.25, 0.3) is 0 Å². The Morgan fingerprint density at radius 3 is 2.63 bits per heavy atom. The monoisotopic (exact) mass is 259 g/mol. The quantitative estimate of drug-likeness (QED) is 0.673. The molecule has 0 unspecified atom stereocenters. The number of para-hydroxylation sites is 2. The average Bonchev–Trinajstić information content (AvgIpc) is 2.39. The molecule has 1 heterocycles. The summed E-state index contributed by atoms with van der Waals surface area (Å²) < 4.78 is 5.41. The van der Waals surface area contributed by atoms with E-state index >= 15 is 0 Å². The summed E-state index contributed by atoms with van der Waals surface area (Å²) in [5.74, 6) is 0.451. The number of nitrogens with zero attached hydrogens (tertiary/aromatic N) is 2. The van der Waals surface area contributed by atoms with Gasteiger partial charge in [-0.25, -0.2) is 4.98 Å². The van der Waals surface area contributed by atoms with Crippen LogP contribution in [0.2, 0.25) is 0 Å². The lowest BCUT2D eigenvalue weighted by atomic mass is 10.2. The molecule has 98 valence electrons. The molecule has 6 heteroatoms. The summed E-state index contributed by atoms with van der Waals surface area (Å²) >= 11 is 0. The van der Waals surface area contributed by atoms with E-state index < -0.39 is 4.92 Å². The molecule has 0 aliphatic carbocycles. The lowest BCUT2D eigenvalue weighted by Gasteiger charge is -2.07. The lowest BCUT2D eigenvalue weighted by Crippen LogP contribution is -2.05. The minimum Gasteiger partial charge on any atom is -0.432 e. The number of nitro groups is 1. The highest BCUT2D eigenvalue weighted by Crippen LogP contribution is 2.29. The molecule has 19 heavy (non-hydrogen) atoms. The van der Waals surface area contributed by atoms with Crippen molar-refractivity contribution in [2.75, 3.05) is 0 Å². The molecular formula is C13H13N3O3. The molecule has 1 atom stereocenters. The molecule has 0 saturated carbocycles. The molecule has 0 radical (unpaired) electrons. The largest absolute Gasteiger partial charge is 0.432 e. The number of aromatic nitrogens is 1. The fourth-order valence-electron chi connectivity index (χ4n) is 1.53. The molecule has 0 fully saturated rings. The van der Waals surface area contributed by atoms with Crippen LogP contribution in [0.3, 0.4) is 0 Å². The van der Waals surface area contributed by atoms with Crippen molar-refractivity contribution >= 4 is 5.69 Å². The van der Waals surface area contributed by atoms with Crippen LogP contribution >= 0.6 is 0 Å². The number of rotatable bonds is 4. The van der Waals surface area contributed by atoms with Crippen molar-refractivity contribution < 1.29 is 9.66 Å². The second-order valence-corrected chi connectivity index (χ2v) is 4.05. The highest BCUT2D eigenvalue weighted by atomic mass is 16.6. The van der Waals surface area contributed by atoms with Crippen molar-refractivity contribution in [1.29, 1.82) is 0 Å². The van der Waals surface area contributed by atoms with Crippen LogP contribution in [-0.2, 0) is 0 Å². The average molecular weight is 259 g/mol. The van der Waals surface area contributed by atoms with E-state index in [0.717, 1.165) is 5.56 Å². The van der Waals surface area contributed by atoms with Gasteiger partial charge in [0.15, 0.2) is 0 Å². The SMILES string of the molecule is C[C@H](N)c1ccc(Oc2ccccc2[N+](=O)[O-])nc1. The van der Waals surface area contributed by atoms with E-state index in [0.29, 0.717) is 5.88 Å². The molecule has 6 nitrogen and oxygen atoms in total. The molecule has 2 aromatic rings. The Balaban J connectivity index is 2.24. The summed E-state index contributed by atoms with van der Waals surface area (Å²) in [5.41, 5.74) is 6.48. The highest BCUT2D eigenvalue weighted by molar-refractivity contribution is 5.47. The first-order valence-electron chi connectivity index (χ1n) is 5.70. The second-order valence-electron chi connectivity index (χ2n) is 4.05. The highest BCUT2D eigenvalue weighted by Gasteiger charge is 2.14. The molecule has 0 amide bonds. The maximum Gasteiger partial charge on any atom is 0.311 e. The summed E-state index contributed by atoms with van der Waals surface area (Å²) in [6, 6.07) is 9.45. The smallest absolute Gasteiger partial charge is 0.311 e. The van der Waals surface area contributed by atoms with Gasteiger partial charge in [0, 0.05) is 24.4 Å². The Morgan fingerprint density at radius 1 is 1.32 bits per heavy atom. The maximum absolute atomic E-state index is 10.8. The van der Waals surface area contributed by atoms with Crippen LogP contribution in [0.4, 0.5) is 5.69 Å². The Hall–Kier alpha value is -2.47. The molecule has 1 aromatic heterocycles. The van der Waals surface area contributed by atoms with Gasteiger partial charge in [-0.3, -0.25) is 10.1 Å². The second kappa shape index (κ2) is 5.45. The predicted octanol–water partition coefficient (Wildman–Crippen LogP) is 2.80. The van der Waals surface area contributed by atoms with E-state index in [1.165, 1.54) is 12.1 Å². The molecule has 0 spiro atoms. The van der Waals surface area contributed by atoms with Crippen molar-refractivity contribution in [2.24, 2.45) is 5.73 Å². The van der Waals surface area contributed by atoms with Crippen LogP contribution in [-0.4, -0.2) is 9.91 Å². The lowest BCUT2D eigenvalue weighted by molar-refractivity contribution is -0.385. The molecule has 2 rings (SSSR count). The van der Waals surface area contributed by atoms with Gasteiger partial charge in [-0.2, -0.15) is 0 Å². The van der Waals surface area contributed by atoms with E-state index in [1.807, 2.05) is 6.92 Å². The first-order valence-corrected chi connectivity index (χ1v) is 5.70. The number of nitrogens with two attached hydrogens (primary N) is 1. The van der Waals surface area contributed by atoms with E-state index in [9.17, 15) is 10.1 Å². The third kappa shape index (κ3) is 3.05.